The van der Waals surface area contributed by atoms with E-state index in [2.05, 4.69) is 4.98 Å². The Bertz CT molecular complexity index is 359. The topological polar surface area (TPSA) is 73.0 Å². The highest BCUT2D eigenvalue weighted by Gasteiger charge is 2.09. The van der Waals surface area contributed by atoms with Crippen molar-refractivity contribution in [3.8, 4) is 0 Å². The summed E-state index contributed by atoms with van der Waals surface area (Å²) in [4.78, 5) is 3.87. The number of aromatic nitrogens is 1. The molecule has 1 aromatic heterocycles. The van der Waals surface area contributed by atoms with E-state index in [4.69, 9.17) is 5.14 Å². The Balaban J connectivity index is 3.37. The first-order valence-electron chi connectivity index (χ1n) is 2.95. The monoisotopic (exact) mass is 172 g/mol. The number of hydrogen-bond acceptors (Lipinski definition) is 3. The molecule has 0 saturated carbocycles. The molecule has 2 N–H and O–H groups in total. The fourth-order valence-electron chi connectivity index (χ4n) is 0.780. The van der Waals surface area contributed by atoms with Gasteiger partial charge in [-0.15, -0.1) is 0 Å². The van der Waals surface area contributed by atoms with Gasteiger partial charge in [-0.3, -0.25) is 4.98 Å². The van der Waals surface area contributed by atoms with E-state index in [0.717, 1.165) is 0 Å². The number of pyridine rings is 1. The van der Waals surface area contributed by atoms with Crippen LogP contribution in [0.15, 0.2) is 23.4 Å². The predicted octanol–water partition coefficient (Wildman–Crippen LogP) is 0.0374. The predicted molar refractivity (Wildman–Crippen MR) is 40.3 cm³/mol. The van der Waals surface area contributed by atoms with Crippen LogP contribution in [-0.4, -0.2) is 13.4 Å². The van der Waals surface area contributed by atoms with E-state index in [1.54, 1.807) is 6.92 Å². The molecule has 0 atom stereocenters. The molecule has 0 radical (unpaired) electrons. The molecule has 0 saturated heterocycles. The van der Waals surface area contributed by atoms with E-state index in [0.29, 0.717) is 5.56 Å². The molecule has 0 spiro atoms. The largest absolute Gasteiger partial charge is 0.264 e. The van der Waals surface area contributed by atoms with Gasteiger partial charge < -0.3 is 0 Å². The second-order valence-electron chi connectivity index (χ2n) is 2.19. The molecule has 0 amide bonds. The van der Waals surface area contributed by atoms with Gasteiger partial charge in [0.25, 0.3) is 0 Å². The van der Waals surface area contributed by atoms with Crippen LogP contribution >= 0.6 is 0 Å². The second kappa shape index (κ2) is 2.60. The molecule has 0 aliphatic rings. The fourth-order valence-corrected chi connectivity index (χ4v) is 1.53. The first kappa shape index (κ1) is 8.16. The lowest BCUT2D eigenvalue weighted by atomic mass is 10.3. The van der Waals surface area contributed by atoms with Crippen molar-refractivity contribution in [2.45, 2.75) is 11.8 Å². The molecule has 11 heavy (non-hydrogen) atoms. The highest BCUT2D eigenvalue weighted by molar-refractivity contribution is 7.89. The lowest BCUT2D eigenvalue weighted by molar-refractivity contribution is 0.597. The summed E-state index contributed by atoms with van der Waals surface area (Å²) in [7, 11) is -3.57. The number of aryl methyl sites for hydroxylation is 1. The van der Waals surface area contributed by atoms with Gasteiger partial charge in [-0.05, 0) is 18.6 Å². The zero-order valence-electron chi connectivity index (χ0n) is 5.98. The Kier molecular flexibility index (Phi) is 1.92. The third-order valence-corrected chi connectivity index (χ3v) is 2.35. The van der Waals surface area contributed by atoms with Gasteiger partial charge in [0.2, 0.25) is 10.0 Å². The van der Waals surface area contributed by atoms with E-state index in [-0.39, 0.29) is 4.90 Å². The Morgan fingerprint density at radius 2 is 2.18 bits per heavy atom. The van der Waals surface area contributed by atoms with Gasteiger partial charge in [-0.1, -0.05) is 0 Å². The summed E-state index contributed by atoms with van der Waals surface area (Å²) in [5, 5.41) is 4.90. The molecule has 4 nitrogen and oxygen atoms in total. The highest BCUT2D eigenvalue weighted by Crippen LogP contribution is 2.09. The summed E-state index contributed by atoms with van der Waals surface area (Å²) in [6.45, 7) is 1.65. The number of rotatable bonds is 1. The summed E-state index contributed by atoms with van der Waals surface area (Å²) >= 11 is 0. The number of sulfonamides is 1. The molecule has 0 fully saturated rings. The van der Waals surface area contributed by atoms with Gasteiger partial charge in [-0.2, -0.15) is 0 Å². The number of nitrogens with zero attached hydrogens (tertiary/aromatic N) is 1. The number of hydrogen-bond donors (Lipinski definition) is 1. The van der Waals surface area contributed by atoms with Gasteiger partial charge in [-0.25, -0.2) is 13.6 Å². The normalized spacial score (nSPS) is 11.5. The summed E-state index contributed by atoms with van der Waals surface area (Å²) in [5.74, 6) is 0. The van der Waals surface area contributed by atoms with Crippen molar-refractivity contribution in [2.24, 2.45) is 5.14 Å². The molecule has 1 aromatic rings. The van der Waals surface area contributed by atoms with Gasteiger partial charge in [0.1, 0.15) is 0 Å². The SMILES string of the molecule is Cc1cnccc1S(N)(=O)=O. The van der Waals surface area contributed by atoms with Crippen molar-refractivity contribution in [1.82, 2.24) is 4.98 Å². The summed E-state index contributed by atoms with van der Waals surface area (Å²) in [6.07, 6.45) is 2.85. The zero-order chi connectivity index (χ0) is 8.48. The third kappa shape index (κ3) is 1.75. The van der Waals surface area contributed by atoms with Crippen molar-refractivity contribution in [3.63, 3.8) is 0 Å². The average Bonchev–Trinajstić information content (AvgIpc) is 1.86. The molecule has 0 aliphatic carbocycles. The Labute approximate surface area is 65.1 Å². The minimum atomic E-state index is -3.57. The van der Waals surface area contributed by atoms with Gasteiger partial charge in [0, 0.05) is 12.4 Å². The minimum absolute atomic E-state index is 0.132. The smallest absolute Gasteiger partial charge is 0.238 e. The van der Waals surface area contributed by atoms with Crippen LogP contribution in [0.5, 0.6) is 0 Å². The van der Waals surface area contributed by atoms with Crippen LogP contribution in [0, 0.1) is 6.92 Å². The van der Waals surface area contributed by atoms with Crippen LogP contribution in [0.25, 0.3) is 0 Å². The van der Waals surface area contributed by atoms with Gasteiger partial charge in [0.15, 0.2) is 0 Å². The molecule has 1 heterocycles. The fraction of sp³-hybridized carbons (Fsp3) is 0.167. The van der Waals surface area contributed by atoms with Crippen molar-refractivity contribution in [3.05, 3.63) is 24.0 Å². The maximum atomic E-state index is 10.8. The quantitative estimate of drug-likeness (QED) is 0.649. The molecule has 1 rings (SSSR count). The van der Waals surface area contributed by atoms with Crippen molar-refractivity contribution >= 4 is 10.0 Å². The van der Waals surface area contributed by atoms with Crippen LogP contribution in [0.4, 0.5) is 0 Å². The van der Waals surface area contributed by atoms with Crippen LogP contribution < -0.4 is 5.14 Å². The maximum Gasteiger partial charge on any atom is 0.238 e. The zero-order valence-corrected chi connectivity index (χ0v) is 6.80. The number of nitrogens with two attached hydrogens (primary N) is 1. The average molecular weight is 172 g/mol. The van der Waals surface area contributed by atoms with Crippen LogP contribution in [0.3, 0.4) is 0 Å². The van der Waals surface area contributed by atoms with E-state index in [1.165, 1.54) is 18.5 Å². The summed E-state index contributed by atoms with van der Waals surface area (Å²) in [6, 6.07) is 1.38. The highest BCUT2D eigenvalue weighted by atomic mass is 32.2. The molecule has 0 aliphatic heterocycles. The summed E-state index contributed by atoms with van der Waals surface area (Å²) < 4.78 is 21.6. The first-order valence-corrected chi connectivity index (χ1v) is 4.50. The van der Waals surface area contributed by atoms with Crippen LogP contribution in [-0.2, 0) is 10.0 Å². The van der Waals surface area contributed by atoms with Gasteiger partial charge >= 0.3 is 0 Å². The van der Waals surface area contributed by atoms with Gasteiger partial charge in [0.05, 0.1) is 4.90 Å². The molecule has 5 heteroatoms. The second-order valence-corrected chi connectivity index (χ2v) is 3.72. The number of primary sulfonamides is 1. The lowest BCUT2D eigenvalue weighted by Crippen LogP contribution is -2.13. The van der Waals surface area contributed by atoms with E-state index >= 15 is 0 Å². The Morgan fingerprint density at radius 3 is 2.55 bits per heavy atom. The lowest BCUT2D eigenvalue weighted by Gasteiger charge is -1.99. The maximum absolute atomic E-state index is 10.8. The molecular formula is C6H8N2O2S. The Hall–Kier alpha value is -0.940. The standard InChI is InChI=1S/C6H8N2O2S/c1-5-4-8-3-2-6(5)11(7,9)10/h2-4H,1H3,(H2,7,9,10). The van der Waals surface area contributed by atoms with Crippen LogP contribution in [0.2, 0.25) is 0 Å². The summed E-state index contributed by atoms with van der Waals surface area (Å²) in [5.41, 5.74) is 0.565. The van der Waals surface area contributed by atoms with Crippen molar-refractivity contribution in [1.29, 1.82) is 0 Å². The van der Waals surface area contributed by atoms with E-state index < -0.39 is 10.0 Å². The third-order valence-electron chi connectivity index (χ3n) is 1.28. The first-order chi connectivity index (χ1) is 5.02. The minimum Gasteiger partial charge on any atom is -0.264 e. The van der Waals surface area contributed by atoms with Crippen molar-refractivity contribution in [2.75, 3.05) is 0 Å². The molecule has 0 bridgehead atoms. The van der Waals surface area contributed by atoms with Crippen molar-refractivity contribution < 1.29 is 8.42 Å². The molecular weight excluding hydrogens is 164 g/mol. The molecule has 0 aromatic carbocycles. The van der Waals surface area contributed by atoms with E-state index in [9.17, 15) is 8.42 Å². The molecule has 0 unspecified atom stereocenters. The van der Waals surface area contributed by atoms with Crippen LogP contribution in [0.1, 0.15) is 5.56 Å². The Morgan fingerprint density at radius 1 is 1.55 bits per heavy atom. The van der Waals surface area contributed by atoms with E-state index in [1.807, 2.05) is 0 Å². The molecule has 60 valence electrons.